The fourth-order valence-corrected chi connectivity index (χ4v) is 0.966. The minimum Gasteiger partial charge on any atom is -0.369 e. The minimum absolute atomic E-state index is 0.0833. The van der Waals surface area contributed by atoms with Gasteiger partial charge in [-0.15, -0.1) is 11.6 Å². The number of hydrogen-bond acceptors (Lipinski definition) is 2. The maximum Gasteiger partial charge on any atom is 0.232 e. The Bertz CT molecular complexity index is 124. The molecular weight excluding hydrogens is 176 g/mol. The van der Waals surface area contributed by atoms with Gasteiger partial charge in [0.05, 0.1) is 0 Å². The molecule has 0 aliphatic carbocycles. The molecule has 0 aromatic carbocycles. The number of alkyl halides is 1. The molecule has 72 valence electrons. The molecule has 1 saturated heterocycles. The van der Waals surface area contributed by atoms with E-state index in [4.69, 9.17) is 11.6 Å². The van der Waals surface area contributed by atoms with Crippen LogP contribution in [0.15, 0.2) is 0 Å². The van der Waals surface area contributed by atoms with Crippen LogP contribution in [0, 0.1) is 5.92 Å². The molecule has 1 aliphatic rings. The van der Waals surface area contributed by atoms with Crippen molar-refractivity contribution in [3.8, 4) is 0 Å². The van der Waals surface area contributed by atoms with Crippen LogP contribution in [0.2, 0.25) is 0 Å². The summed E-state index contributed by atoms with van der Waals surface area (Å²) in [4.78, 5) is 9.46. The van der Waals surface area contributed by atoms with E-state index >= 15 is 0 Å². The molecule has 0 aromatic rings. The van der Waals surface area contributed by atoms with Gasteiger partial charge in [-0.25, -0.2) is 0 Å². The molecule has 0 unspecified atom stereocenters. The third-order valence-electron chi connectivity index (χ3n) is 1.76. The van der Waals surface area contributed by atoms with Gasteiger partial charge in [0.25, 0.3) is 0 Å². The lowest BCUT2D eigenvalue weighted by molar-refractivity contribution is -0.115. The van der Waals surface area contributed by atoms with E-state index in [9.17, 15) is 4.79 Å². The van der Waals surface area contributed by atoms with Crippen LogP contribution in [-0.4, -0.2) is 24.9 Å². The van der Waals surface area contributed by atoms with Gasteiger partial charge in [0.15, 0.2) is 0 Å². The topological polar surface area (TPSA) is 55.1 Å². The maximum absolute atomic E-state index is 9.46. The van der Waals surface area contributed by atoms with Crippen LogP contribution in [0.4, 0.5) is 0 Å². The van der Waals surface area contributed by atoms with Gasteiger partial charge in [-0.3, -0.25) is 4.79 Å². The predicted molar refractivity (Wildman–Crippen MR) is 51.2 cm³/mol. The molecule has 12 heavy (non-hydrogen) atoms. The van der Waals surface area contributed by atoms with Crippen molar-refractivity contribution in [3.05, 3.63) is 0 Å². The number of rotatable bonds is 1. The quantitative estimate of drug-likeness (QED) is 0.602. The standard InChI is InChI=1S/C6H13N.C2H4ClNO/c1-6-2-4-7-5-3-6;3-1-2(4)5/h6-7H,2-5H2,1H3;1H2,(H2,4,5). The third kappa shape index (κ3) is 7.82. The lowest BCUT2D eigenvalue weighted by Crippen LogP contribution is -2.26. The molecule has 1 heterocycles. The molecule has 0 saturated carbocycles. The summed E-state index contributed by atoms with van der Waals surface area (Å²) in [5.41, 5.74) is 4.52. The Hall–Kier alpha value is -0.280. The molecule has 0 atom stereocenters. The highest BCUT2D eigenvalue weighted by Gasteiger charge is 2.04. The monoisotopic (exact) mass is 192 g/mol. The predicted octanol–water partition coefficient (Wildman–Crippen LogP) is 0.716. The van der Waals surface area contributed by atoms with Crippen molar-refractivity contribution in [3.63, 3.8) is 0 Å². The van der Waals surface area contributed by atoms with Crippen LogP contribution in [0.1, 0.15) is 19.8 Å². The van der Waals surface area contributed by atoms with Crippen LogP contribution in [0.25, 0.3) is 0 Å². The summed E-state index contributed by atoms with van der Waals surface area (Å²) in [5.74, 6) is 0.410. The summed E-state index contributed by atoms with van der Waals surface area (Å²) in [5, 5.41) is 3.32. The third-order valence-corrected chi connectivity index (χ3v) is 2.02. The van der Waals surface area contributed by atoms with Gasteiger partial charge in [0.2, 0.25) is 5.91 Å². The van der Waals surface area contributed by atoms with E-state index in [1.165, 1.54) is 25.9 Å². The summed E-state index contributed by atoms with van der Waals surface area (Å²) in [6, 6.07) is 0. The van der Waals surface area contributed by atoms with Crippen molar-refractivity contribution in [2.75, 3.05) is 19.0 Å². The molecule has 0 radical (unpaired) electrons. The van der Waals surface area contributed by atoms with Crippen LogP contribution >= 0.6 is 11.6 Å². The van der Waals surface area contributed by atoms with Gasteiger partial charge < -0.3 is 11.1 Å². The van der Waals surface area contributed by atoms with E-state index in [-0.39, 0.29) is 5.88 Å². The van der Waals surface area contributed by atoms with Gasteiger partial charge in [-0.1, -0.05) is 6.92 Å². The first-order chi connectivity index (χ1) is 5.66. The molecule has 4 heteroatoms. The number of carbonyl (C=O) groups excluding carboxylic acids is 1. The lowest BCUT2D eigenvalue weighted by atomic mass is 10.0. The molecule has 3 N–H and O–H groups in total. The number of primary amides is 1. The van der Waals surface area contributed by atoms with Crippen molar-refractivity contribution in [2.24, 2.45) is 11.7 Å². The zero-order valence-corrected chi connectivity index (χ0v) is 8.23. The molecule has 3 nitrogen and oxygen atoms in total. The molecule has 1 amide bonds. The van der Waals surface area contributed by atoms with E-state index in [0.717, 1.165) is 5.92 Å². The fraction of sp³-hybridized carbons (Fsp3) is 0.875. The van der Waals surface area contributed by atoms with E-state index in [2.05, 4.69) is 18.0 Å². The largest absolute Gasteiger partial charge is 0.369 e. The van der Waals surface area contributed by atoms with Crippen molar-refractivity contribution in [1.82, 2.24) is 5.32 Å². The van der Waals surface area contributed by atoms with Gasteiger partial charge >= 0.3 is 0 Å². The smallest absolute Gasteiger partial charge is 0.232 e. The average Bonchev–Trinajstić information content (AvgIpc) is 2.07. The zero-order valence-electron chi connectivity index (χ0n) is 7.48. The molecule has 0 spiro atoms. The Morgan fingerprint density at radius 1 is 1.58 bits per heavy atom. The summed E-state index contributed by atoms with van der Waals surface area (Å²) < 4.78 is 0. The van der Waals surface area contributed by atoms with Crippen LogP contribution in [-0.2, 0) is 4.79 Å². The van der Waals surface area contributed by atoms with Crippen LogP contribution < -0.4 is 11.1 Å². The normalized spacial score (nSPS) is 17.8. The molecular formula is C8H17ClN2O. The summed E-state index contributed by atoms with van der Waals surface area (Å²) in [6.07, 6.45) is 2.75. The Kier molecular flexibility index (Phi) is 7.20. The molecule has 1 aliphatic heterocycles. The van der Waals surface area contributed by atoms with E-state index in [1.807, 2.05) is 0 Å². The zero-order chi connectivity index (χ0) is 9.40. The Morgan fingerprint density at radius 3 is 2.17 bits per heavy atom. The summed E-state index contributed by atoms with van der Waals surface area (Å²) in [7, 11) is 0. The van der Waals surface area contributed by atoms with Crippen molar-refractivity contribution in [2.45, 2.75) is 19.8 Å². The first-order valence-corrected chi connectivity index (χ1v) is 4.75. The van der Waals surface area contributed by atoms with Crippen molar-refractivity contribution < 1.29 is 4.79 Å². The average molecular weight is 193 g/mol. The highest BCUT2D eigenvalue weighted by Crippen LogP contribution is 2.08. The fourth-order valence-electron chi connectivity index (χ4n) is 0.966. The van der Waals surface area contributed by atoms with Gasteiger partial charge in [-0.2, -0.15) is 0 Å². The first-order valence-electron chi connectivity index (χ1n) is 4.21. The number of amides is 1. The van der Waals surface area contributed by atoms with Gasteiger partial charge in [0, 0.05) is 0 Å². The van der Waals surface area contributed by atoms with E-state index in [1.54, 1.807) is 0 Å². The number of halogens is 1. The Balaban J connectivity index is 0.000000217. The van der Waals surface area contributed by atoms with Crippen molar-refractivity contribution >= 4 is 17.5 Å². The molecule has 0 bridgehead atoms. The SMILES string of the molecule is CC1CCNCC1.NC(=O)CCl. The lowest BCUT2D eigenvalue weighted by Gasteiger charge is -2.17. The molecule has 1 fully saturated rings. The maximum atomic E-state index is 9.46. The second-order valence-corrected chi connectivity index (χ2v) is 3.30. The second kappa shape index (κ2) is 7.37. The van der Waals surface area contributed by atoms with E-state index < -0.39 is 5.91 Å². The first kappa shape index (κ1) is 11.7. The molecule has 0 aromatic heterocycles. The summed E-state index contributed by atoms with van der Waals surface area (Å²) >= 11 is 4.86. The highest BCUT2D eigenvalue weighted by atomic mass is 35.5. The van der Waals surface area contributed by atoms with E-state index in [0.29, 0.717) is 0 Å². The Morgan fingerprint density at radius 2 is 2.00 bits per heavy atom. The van der Waals surface area contributed by atoms with Crippen LogP contribution in [0.5, 0.6) is 0 Å². The number of nitrogens with two attached hydrogens (primary N) is 1. The number of nitrogens with one attached hydrogen (secondary N) is 1. The van der Waals surface area contributed by atoms with Gasteiger partial charge in [0.1, 0.15) is 5.88 Å². The Labute approximate surface area is 78.6 Å². The summed E-state index contributed by atoms with van der Waals surface area (Å²) in [6.45, 7) is 4.79. The van der Waals surface area contributed by atoms with Crippen molar-refractivity contribution in [1.29, 1.82) is 0 Å². The highest BCUT2D eigenvalue weighted by molar-refractivity contribution is 6.27. The van der Waals surface area contributed by atoms with Gasteiger partial charge in [-0.05, 0) is 31.8 Å². The number of piperidine rings is 1. The second-order valence-electron chi connectivity index (χ2n) is 3.03. The molecule has 1 rings (SSSR count). The van der Waals surface area contributed by atoms with Crippen LogP contribution in [0.3, 0.4) is 0 Å². The minimum atomic E-state index is -0.480. The number of hydrogen-bond donors (Lipinski definition) is 2. The number of carbonyl (C=O) groups is 1.